The highest BCUT2D eigenvalue weighted by Gasteiger charge is 2.36. The standard InChI is InChI=1S/C11H13F3N4O3/c1-6(2)17(5-11(12,13)14)10(19)7-3-9(15)16-4-8(7)18(20)21/h3-4,6H,5H2,1-2H3,(H2,15,16). The number of nitro groups is 1. The van der Waals surface area contributed by atoms with E-state index < -0.39 is 40.8 Å². The lowest BCUT2D eigenvalue weighted by atomic mass is 10.1. The van der Waals surface area contributed by atoms with Crippen LogP contribution in [0.1, 0.15) is 24.2 Å². The molecule has 0 saturated carbocycles. The Morgan fingerprint density at radius 2 is 2.10 bits per heavy atom. The van der Waals surface area contributed by atoms with Crippen molar-refractivity contribution in [2.75, 3.05) is 12.3 Å². The molecule has 0 bridgehead atoms. The van der Waals surface area contributed by atoms with Crippen LogP contribution >= 0.6 is 0 Å². The average Bonchev–Trinajstić information content (AvgIpc) is 2.33. The molecule has 2 N–H and O–H groups in total. The van der Waals surface area contributed by atoms with Crippen LogP contribution < -0.4 is 5.73 Å². The molecule has 0 saturated heterocycles. The minimum absolute atomic E-state index is 0.195. The molecule has 0 radical (unpaired) electrons. The van der Waals surface area contributed by atoms with Crippen molar-refractivity contribution in [1.29, 1.82) is 0 Å². The Bertz CT molecular complexity index is 560. The summed E-state index contributed by atoms with van der Waals surface area (Å²) >= 11 is 0. The van der Waals surface area contributed by atoms with Crippen molar-refractivity contribution in [3.8, 4) is 0 Å². The quantitative estimate of drug-likeness (QED) is 0.677. The molecule has 1 aromatic rings. The van der Waals surface area contributed by atoms with Crippen LogP contribution in [0.2, 0.25) is 0 Å². The average molecular weight is 306 g/mol. The number of nitrogens with zero attached hydrogens (tertiary/aromatic N) is 3. The van der Waals surface area contributed by atoms with E-state index in [-0.39, 0.29) is 5.82 Å². The van der Waals surface area contributed by atoms with Gasteiger partial charge in [0.1, 0.15) is 24.1 Å². The fourth-order valence-corrected chi connectivity index (χ4v) is 1.62. The van der Waals surface area contributed by atoms with E-state index in [2.05, 4.69) is 4.98 Å². The molecular weight excluding hydrogens is 293 g/mol. The monoisotopic (exact) mass is 306 g/mol. The lowest BCUT2D eigenvalue weighted by Crippen LogP contribution is -2.43. The van der Waals surface area contributed by atoms with E-state index in [1.54, 1.807) is 0 Å². The van der Waals surface area contributed by atoms with Crippen LogP contribution in [0.5, 0.6) is 0 Å². The molecule has 0 fully saturated rings. The van der Waals surface area contributed by atoms with E-state index in [0.29, 0.717) is 4.90 Å². The van der Waals surface area contributed by atoms with Gasteiger partial charge in [0.05, 0.1) is 4.92 Å². The number of rotatable bonds is 4. The number of aromatic nitrogens is 1. The lowest BCUT2D eigenvalue weighted by Gasteiger charge is -2.27. The first-order valence-electron chi connectivity index (χ1n) is 5.80. The molecule has 1 aromatic heterocycles. The van der Waals surface area contributed by atoms with Gasteiger partial charge in [-0.25, -0.2) is 4.98 Å². The predicted molar refractivity (Wildman–Crippen MR) is 67.5 cm³/mol. The van der Waals surface area contributed by atoms with E-state index in [4.69, 9.17) is 5.73 Å². The van der Waals surface area contributed by atoms with Gasteiger partial charge in [0, 0.05) is 6.04 Å². The van der Waals surface area contributed by atoms with Crippen molar-refractivity contribution in [3.05, 3.63) is 27.9 Å². The molecule has 116 valence electrons. The topological polar surface area (TPSA) is 102 Å². The number of carbonyl (C=O) groups is 1. The summed E-state index contributed by atoms with van der Waals surface area (Å²) in [6.07, 6.45) is -3.87. The van der Waals surface area contributed by atoms with Crippen LogP contribution in [0.15, 0.2) is 12.3 Å². The van der Waals surface area contributed by atoms with Crippen LogP contribution in [0.4, 0.5) is 24.7 Å². The molecule has 21 heavy (non-hydrogen) atoms. The van der Waals surface area contributed by atoms with E-state index in [9.17, 15) is 28.1 Å². The molecule has 7 nitrogen and oxygen atoms in total. The number of hydrogen-bond donors (Lipinski definition) is 1. The molecule has 1 rings (SSSR count). The molecular formula is C11H13F3N4O3. The van der Waals surface area contributed by atoms with Crippen molar-refractivity contribution in [3.63, 3.8) is 0 Å². The Balaban J connectivity index is 3.27. The van der Waals surface area contributed by atoms with Gasteiger partial charge in [-0.05, 0) is 19.9 Å². The zero-order chi connectivity index (χ0) is 16.4. The molecule has 0 aliphatic heterocycles. The van der Waals surface area contributed by atoms with E-state index >= 15 is 0 Å². The molecule has 10 heteroatoms. The van der Waals surface area contributed by atoms with E-state index in [1.807, 2.05) is 0 Å². The summed E-state index contributed by atoms with van der Waals surface area (Å²) in [6, 6.07) is 0.0970. The smallest absolute Gasteiger partial charge is 0.384 e. The van der Waals surface area contributed by atoms with Gasteiger partial charge in [0.25, 0.3) is 11.6 Å². The minimum atomic E-state index is -4.62. The highest BCUT2D eigenvalue weighted by Crippen LogP contribution is 2.24. The number of amides is 1. The molecule has 0 spiro atoms. The Morgan fingerprint density at radius 1 is 1.52 bits per heavy atom. The molecule has 0 aliphatic rings. The van der Waals surface area contributed by atoms with Crippen molar-refractivity contribution < 1.29 is 22.9 Å². The second-order valence-electron chi connectivity index (χ2n) is 4.53. The SMILES string of the molecule is CC(C)N(CC(F)(F)F)C(=O)c1cc(N)ncc1[N+](=O)[O-]. The summed E-state index contributed by atoms with van der Waals surface area (Å²) in [5.74, 6) is -1.32. The summed E-state index contributed by atoms with van der Waals surface area (Å²) in [7, 11) is 0. The van der Waals surface area contributed by atoms with Gasteiger partial charge in [0.15, 0.2) is 0 Å². The van der Waals surface area contributed by atoms with E-state index in [1.165, 1.54) is 13.8 Å². The van der Waals surface area contributed by atoms with Crippen molar-refractivity contribution >= 4 is 17.4 Å². The summed E-state index contributed by atoms with van der Waals surface area (Å²) in [4.78, 5) is 26.1. The van der Waals surface area contributed by atoms with Gasteiger partial charge < -0.3 is 10.6 Å². The number of carbonyl (C=O) groups excluding carboxylic acids is 1. The van der Waals surface area contributed by atoms with Gasteiger partial charge in [-0.1, -0.05) is 0 Å². The lowest BCUT2D eigenvalue weighted by molar-refractivity contribution is -0.385. The van der Waals surface area contributed by atoms with Gasteiger partial charge in [-0.3, -0.25) is 14.9 Å². The number of halogens is 3. The fraction of sp³-hybridized carbons (Fsp3) is 0.455. The second-order valence-corrected chi connectivity index (χ2v) is 4.53. The van der Waals surface area contributed by atoms with Crippen LogP contribution in [0, 0.1) is 10.1 Å². The van der Waals surface area contributed by atoms with Crippen molar-refractivity contribution in [2.45, 2.75) is 26.1 Å². The summed E-state index contributed by atoms with van der Waals surface area (Å²) in [5, 5.41) is 10.8. The zero-order valence-corrected chi connectivity index (χ0v) is 11.2. The Morgan fingerprint density at radius 3 is 2.52 bits per heavy atom. The maximum atomic E-state index is 12.5. The van der Waals surface area contributed by atoms with Gasteiger partial charge in [0.2, 0.25) is 0 Å². The van der Waals surface area contributed by atoms with Gasteiger partial charge >= 0.3 is 6.18 Å². The number of nitrogens with two attached hydrogens (primary N) is 1. The summed E-state index contributed by atoms with van der Waals surface area (Å²) in [5.41, 5.74) is 4.13. The molecule has 0 aliphatic carbocycles. The van der Waals surface area contributed by atoms with Crippen LogP contribution in [-0.2, 0) is 0 Å². The van der Waals surface area contributed by atoms with Gasteiger partial charge in [-0.15, -0.1) is 0 Å². The zero-order valence-electron chi connectivity index (χ0n) is 11.2. The molecule has 0 aromatic carbocycles. The minimum Gasteiger partial charge on any atom is -0.384 e. The third kappa shape index (κ3) is 4.29. The third-order valence-electron chi connectivity index (χ3n) is 2.57. The van der Waals surface area contributed by atoms with E-state index in [0.717, 1.165) is 12.3 Å². The third-order valence-corrected chi connectivity index (χ3v) is 2.57. The highest BCUT2D eigenvalue weighted by atomic mass is 19.4. The van der Waals surface area contributed by atoms with Crippen LogP contribution in [-0.4, -0.2) is 39.5 Å². The molecule has 0 atom stereocenters. The van der Waals surface area contributed by atoms with Crippen molar-refractivity contribution in [1.82, 2.24) is 9.88 Å². The number of nitrogen functional groups attached to an aromatic ring is 1. The number of anilines is 1. The molecule has 0 unspecified atom stereocenters. The first-order valence-corrected chi connectivity index (χ1v) is 5.80. The number of hydrogen-bond acceptors (Lipinski definition) is 5. The Kier molecular flexibility index (Phi) is 4.71. The van der Waals surface area contributed by atoms with Gasteiger partial charge in [-0.2, -0.15) is 13.2 Å². The van der Waals surface area contributed by atoms with Crippen LogP contribution in [0.25, 0.3) is 0 Å². The van der Waals surface area contributed by atoms with Crippen molar-refractivity contribution in [2.24, 2.45) is 0 Å². The first kappa shape index (κ1) is 16.7. The fourth-order valence-electron chi connectivity index (χ4n) is 1.62. The number of pyridine rings is 1. The van der Waals surface area contributed by atoms with Crippen LogP contribution in [0.3, 0.4) is 0 Å². The molecule has 1 amide bonds. The first-order chi connectivity index (χ1) is 9.53. The Hall–Kier alpha value is -2.39. The largest absolute Gasteiger partial charge is 0.406 e. The second kappa shape index (κ2) is 5.94. The predicted octanol–water partition coefficient (Wildman–Crippen LogP) is 1.98. The highest BCUT2D eigenvalue weighted by molar-refractivity contribution is 5.98. The summed E-state index contributed by atoms with van der Waals surface area (Å²) < 4.78 is 37.5. The summed E-state index contributed by atoms with van der Waals surface area (Å²) in [6.45, 7) is 1.24. The number of alkyl halides is 3. The maximum Gasteiger partial charge on any atom is 0.406 e. The normalized spacial score (nSPS) is 11.5. The maximum absolute atomic E-state index is 12.5. The Labute approximate surface area is 117 Å². The molecule has 1 heterocycles.